The van der Waals surface area contributed by atoms with E-state index in [0.29, 0.717) is 0 Å². The van der Waals surface area contributed by atoms with Gasteiger partial charge in [-0.2, -0.15) is 0 Å². The summed E-state index contributed by atoms with van der Waals surface area (Å²) in [6.45, 7) is 1.78. The lowest BCUT2D eigenvalue weighted by molar-refractivity contribution is 0.0697. The SMILES string of the molecule is Cc1ccc(C(=O)Nc2ccc(F)cc2C(=O)O)cn1. The first-order valence-corrected chi connectivity index (χ1v) is 5.74. The molecule has 1 amide bonds. The van der Waals surface area contributed by atoms with Crippen LogP contribution in [0.1, 0.15) is 26.4 Å². The largest absolute Gasteiger partial charge is 0.478 e. The van der Waals surface area contributed by atoms with Gasteiger partial charge in [0.25, 0.3) is 5.91 Å². The van der Waals surface area contributed by atoms with E-state index in [2.05, 4.69) is 10.3 Å². The van der Waals surface area contributed by atoms with Crippen molar-refractivity contribution >= 4 is 17.6 Å². The molecule has 0 saturated heterocycles. The fourth-order valence-corrected chi connectivity index (χ4v) is 1.60. The second-order valence-electron chi connectivity index (χ2n) is 4.14. The number of halogens is 1. The van der Waals surface area contributed by atoms with Gasteiger partial charge in [0.2, 0.25) is 0 Å². The smallest absolute Gasteiger partial charge is 0.337 e. The third-order valence-corrected chi connectivity index (χ3v) is 2.63. The lowest BCUT2D eigenvalue weighted by atomic mass is 10.1. The number of aromatic nitrogens is 1. The zero-order valence-electron chi connectivity index (χ0n) is 10.6. The third kappa shape index (κ3) is 2.97. The predicted octanol–water partition coefficient (Wildman–Crippen LogP) is 2.48. The molecule has 0 fully saturated rings. The molecule has 0 bridgehead atoms. The number of benzene rings is 1. The number of aromatic carboxylic acids is 1. The monoisotopic (exact) mass is 274 g/mol. The molecule has 0 aliphatic heterocycles. The first-order chi connectivity index (χ1) is 9.47. The molecule has 0 spiro atoms. The molecule has 20 heavy (non-hydrogen) atoms. The molecule has 1 aromatic heterocycles. The Morgan fingerprint density at radius 1 is 1.25 bits per heavy atom. The lowest BCUT2D eigenvalue weighted by Gasteiger charge is -2.08. The minimum absolute atomic E-state index is 0.0319. The van der Waals surface area contributed by atoms with Crippen molar-refractivity contribution in [3.05, 3.63) is 59.2 Å². The van der Waals surface area contributed by atoms with Crippen molar-refractivity contribution in [2.45, 2.75) is 6.92 Å². The van der Waals surface area contributed by atoms with Crippen molar-refractivity contribution in [2.24, 2.45) is 0 Å². The van der Waals surface area contributed by atoms with Crippen LogP contribution in [0.5, 0.6) is 0 Å². The Labute approximate surface area is 114 Å². The highest BCUT2D eigenvalue weighted by atomic mass is 19.1. The Balaban J connectivity index is 2.28. The average molecular weight is 274 g/mol. The van der Waals surface area contributed by atoms with Crippen LogP contribution in [0.2, 0.25) is 0 Å². The van der Waals surface area contributed by atoms with Crippen molar-refractivity contribution < 1.29 is 19.1 Å². The number of hydrogen-bond acceptors (Lipinski definition) is 3. The number of anilines is 1. The topological polar surface area (TPSA) is 79.3 Å². The van der Waals surface area contributed by atoms with Gasteiger partial charge >= 0.3 is 5.97 Å². The standard InChI is InChI=1S/C14H11FN2O3/c1-8-2-3-9(7-16-8)13(18)17-12-5-4-10(15)6-11(12)14(19)20/h2-7H,1H3,(H,17,18)(H,19,20). The molecule has 0 atom stereocenters. The van der Waals surface area contributed by atoms with Crippen molar-refractivity contribution in [3.8, 4) is 0 Å². The van der Waals surface area contributed by atoms with E-state index < -0.39 is 17.7 Å². The fourth-order valence-electron chi connectivity index (χ4n) is 1.60. The molecule has 0 unspecified atom stereocenters. The van der Waals surface area contributed by atoms with Gasteiger partial charge in [-0.1, -0.05) is 0 Å². The van der Waals surface area contributed by atoms with Gasteiger partial charge < -0.3 is 10.4 Å². The molecule has 0 saturated carbocycles. The van der Waals surface area contributed by atoms with Crippen molar-refractivity contribution in [1.29, 1.82) is 0 Å². The van der Waals surface area contributed by atoms with Crippen molar-refractivity contribution in [3.63, 3.8) is 0 Å². The fraction of sp³-hybridized carbons (Fsp3) is 0.0714. The van der Waals surface area contributed by atoms with E-state index in [0.717, 1.165) is 17.8 Å². The number of hydrogen-bond donors (Lipinski definition) is 2. The zero-order valence-corrected chi connectivity index (χ0v) is 10.6. The number of nitrogens with zero attached hydrogens (tertiary/aromatic N) is 1. The van der Waals surface area contributed by atoms with E-state index in [-0.39, 0.29) is 16.8 Å². The molecule has 2 N–H and O–H groups in total. The maximum absolute atomic E-state index is 13.0. The van der Waals surface area contributed by atoms with E-state index in [1.54, 1.807) is 19.1 Å². The third-order valence-electron chi connectivity index (χ3n) is 2.63. The number of nitrogens with one attached hydrogen (secondary N) is 1. The molecule has 0 aliphatic carbocycles. The predicted molar refractivity (Wildman–Crippen MR) is 70.3 cm³/mol. The highest BCUT2D eigenvalue weighted by molar-refractivity contribution is 6.07. The molecule has 5 nitrogen and oxygen atoms in total. The molecular formula is C14H11FN2O3. The summed E-state index contributed by atoms with van der Waals surface area (Å²) >= 11 is 0. The lowest BCUT2D eigenvalue weighted by Crippen LogP contribution is -2.15. The Kier molecular flexibility index (Phi) is 3.74. The summed E-state index contributed by atoms with van der Waals surface area (Å²) in [6.07, 6.45) is 1.38. The molecule has 0 radical (unpaired) electrons. The summed E-state index contributed by atoms with van der Waals surface area (Å²) in [6, 6.07) is 6.37. The quantitative estimate of drug-likeness (QED) is 0.901. The number of pyridine rings is 1. The van der Waals surface area contributed by atoms with Gasteiger partial charge in [-0.15, -0.1) is 0 Å². The van der Waals surface area contributed by atoms with Crippen LogP contribution in [0.3, 0.4) is 0 Å². The minimum Gasteiger partial charge on any atom is -0.478 e. The zero-order chi connectivity index (χ0) is 14.7. The van der Waals surface area contributed by atoms with Gasteiger partial charge in [0.15, 0.2) is 0 Å². The van der Waals surface area contributed by atoms with Gasteiger partial charge in [0.05, 0.1) is 16.8 Å². The summed E-state index contributed by atoms with van der Waals surface area (Å²) in [5, 5.41) is 11.4. The summed E-state index contributed by atoms with van der Waals surface area (Å²) in [4.78, 5) is 26.9. The number of amides is 1. The average Bonchev–Trinajstić information content (AvgIpc) is 2.41. The second-order valence-corrected chi connectivity index (χ2v) is 4.14. The summed E-state index contributed by atoms with van der Waals surface area (Å²) in [7, 11) is 0. The van der Waals surface area contributed by atoms with Gasteiger partial charge in [-0.25, -0.2) is 9.18 Å². The van der Waals surface area contributed by atoms with Crippen molar-refractivity contribution in [1.82, 2.24) is 4.98 Å². The van der Waals surface area contributed by atoms with E-state index >= 15 is 0 Å². The molecular weight excluding hydrogens is 263 g/mol. The highest BCUT2D eigenvalue weighted by Crippen LogP contribution is 2.18. The minimum atomic E-state index is -1.32. The first-order valence-electron chi connectivity index (χ1n) is 5.74. The second kappa shape index (κ2) is 5.48. The molecule has 1 aromatic carbocycles. The van der Waals surface area contributed by atoms with Crippen LogP contribution >= 0.6 is 0 Å². The van der Waals surface area contributed by atoms with Crippen LogP contribution in [-0.2, 0) is 0 Å². The maximum atomic E-state index is 13.0. The molecule has 1 heterocycles. The van der Waals surface area contributed by atoms with E-state index in [9.17, 15) is 14.0 Å². The van der Waals surface area contributed by atoms with Crippen LogP contribution in [0.15, 0.2) is 36.5 Å². The van der Waals surface area contributed by atoms with Gasteiger partial charge in [0, 0.05) is 11.9 Å². The van der Waals surface area contributed by atoms with Crippen LogP contribution < -0.4 is 5.32 Å². The van der Waals surface area contributed by atoms with E-state index in [4.69, 9.17) is 5.11 Å². The van der Waals surface area contributed by atoms with Gasteiger partial charge in [-0.05, 0) is 37.3 Å². The molecule has 0 aliphatic rings. The van der Waals surface area contributed by atoms with Crippen LogP contribution in [0.25, 0.3) is 0 Å². The Hall–Kier alpha value is -2.76. The number of carbonyl (C=O) groups is 2. The van der Waals surface area contributed by atoms with E-state index in [1.807, 2.05) is 0 Å². The van der Waals surface area contributed by atoms with E-state index in [1.165, 1.54) is 12.3 Å². The number of carbonyl (C=O) groups excluding carboxylic acids is 1. The van der Waals surface area contributed by atoms with Gasteiger partial charge in [-0.3, -0.25) is 9.78 Å². The Morgan fingerprint density at radius 3 is 2.60 bits per heavy atom. The summed E-state index contributed by atoms with van der Waals surface area (Å²) < 4.78 is 13.0. The number of aryl methyl sites for hydroxylation is 1. The molecule has 2 rings (SSSR count). The summed E-state index contributed by atoms with van der Waals surface area (Å²) in [5.74, 6) is -2.51. The molecule has 102 valence electrons. The highest BCUT2D eigenvalue weighted by Gasteiger charge is 2.14. The number of rotatable bonds is 3. The Bertz CT molecular complexity index is 669. The normalized spacial score (nSPS) is 10.1. The van der Waals surface area contributed by atoms with Crippen LogP contribution in [0.4, 0.5) is 10.1 Å². The Morgan fingerprint density at radius 2 is 2.00 bits per heavy atom. The number of carboxylic acids is 1. The first kappa shape index (κ1) is 13.7. The number of carboxylic acid groups (broad SMARTS) is 1. The molecule has 2 aromatic rings. The van der Waals surface area contributed by atoms with Crippen LogP contribution in [-0.4, -0.2) is 22.0 Å². The molecule has 6 heteroatoms. The van der Waals surface area contributed by atoms with Crippen molar-refractivity contribution in [2.75, 3.05) is 5.32 Å². The van der Waals surface area contributed by atoms with Crippen LogP contribution in [0, 0.1) is 12.7 Å². The van der Waals surface area contributed by atoms with Gasteiger partial charge in [0.1, 0.15) is 5.82 Å². The maximum Gasteiger partial charge on any atom is 0.337 e. The summed E-state index contributed by atoms with van der Waals surface area (Å²) in [5.41, 5.74) is 0.772.